The number of carbonyl (C=O) groups excluding carboxylic acids is 1. The Bertz CT molecular complexity index is 997. The normalized spacial score (nSPS) is 11.1. The van der Waals surface area contributed by atoms with Gasteiger partial charge < -0.3 is 14.2 Å². The van der Waals surface area contributed by atoms with Crippen LogP contribution in [-0.4, -0.2) is 12.6 Å². The van der Waals surface area contributed by atoms with Crippen LogP contribution in [0.25, 0.3) is 0 Å². The van der Waals surface area contributed by atoms with Crippen LogP contribution in [0.5, 0.6) is 23.0 Å². The molecular weight excluding hydrogens is 409 g/mol. The molecule has 162 valence electrons. The molecule has 7 heteroatoms. The molecule has 0 aromatic heterocycles. The number of halogens is 3. The van der Waals surface area contributed by atoms with Gasteiger partial charge in [-0.2, -0.15) is 13.2 Å². The van der Waals surface area contributed by atoms with Crippen molar-refractivity contribution in [1.29, 1.82) is 0 Å². The Morgan fingerprint density at radius 1 is 0.806 bits per heavy atom. The van der Waals surface area contributed by atoms with Crippen LogP contribution in [0.3, 0.4) is 0 Å². The summed E-state index contributed by atoms with van der Waals surface area (Å²) in [6, 6.07) is 18.6. The van der Waals surface area contributed by atoms with Gasteiger partial charge in [0.05, 0.1) is 12.2 Å². The van der Waals surface area contributed by atoms with E-state index in [1.165, 1.54) is 12.1 Å². The lowest BCUT2D eigenvalue weighted by Gasteiger charge is -2.11. The maximum Gasteiger partial charge on any atom is 0.416 e. The number of hydrogen-bond donors (Lipinski definition) is 0. The molecule has 0 bridgehead atoms. The summed E-state index contributed by atoms with van der Waals surface area (Å²) in [5.74, 6) is 1.61. The second-order valence-electron chi connectivity index (χ2n) is 6.65. The minimum atomic E-state index is -4.39. The zero-order valence-electron chi connectivity index (χ0n) is 16.8. The van der Waals surface area contributed by atoms with E-state index in [1.807, 2.05) is 12.1 Å². The Kier molecular flexibility index (Phi) is 7.18. The third kappa shape index (κ3) is 6.77. The summed E-state index contributed by atoms with van der Waals surface area (Å²) in [7, 11) is 0. The molecular formula is C24H21F3O4. The van der Waals surface area contributed by atoms with Crippen LogP contribution in [0.15, 0.2) is 72.8 Å². The minimum Gasteiger partial charge on any atom is -0.466 e. The molecule has 0 saturated carbocycles. The molecule has 3 rings (SSSR count). The molecule has 31 heavy (non-hydrogen) atoms. The van der Waals surface area contributed by atoms with Gasteiger partial charge in [0.25, 0.3) is 0 Å². The van der Waals surface area contributed by atoms with Gasteiger partial charge in [-0.05, 0) is 67.4 Å². The predicted molar refractivity (Wildman–Crippen MR) is 109 cm³/mol. The number of benzene rings is 3. The van der Waals surface area contributed by atoms with E-state index in [0.29, 0.717) is 36.7 Å². The van der Waals surface area contributed by atoms with Crippen LogP contribution in [0, 0.1) is 0 Å². The van der Waals surface area contributed by atoms with E-state index >= 15 is 0 Å². The first-order valence-corrected chi connectivity index (χ1v) is 9.71. The molecule has 4 nitrogen and oxygen atoms in total. The van der Waals surface area contributed by atoms with E-state index in [4.69, 9.17) is 14.2 Å². The fraction of sp³-hybridized carbons (Fsp3) is 0.208. The molecule has 0 atom stereocenters. The molecule has 0 amide bonds. The number of ether oxygens (including phenoxy) is 3. The number of aryl methyl sites for hydroxylation is 1. The number of rotatable bonds is 8. The zero-order valence-corrected chi connectivity index (χ0v) is 16.8. The second kappa shape index (κ2) is 10.0. The molecule has 0 spiro atoms. The van der Waals surface area contributed by atoms with Crippen LogP contribution < -0.4 is 9.47 Å². The first-order valence-electron chi connectivity index (χ1n) is 9.71. The van der Waals surface area contributed by atoms with Gasteiger partial charge in [0.1, 0.15) is 23.0 Å². The van der Waals surface area contributed by atoms with E-state index in [1.54, 1.807) is 43.3 Å². The average Bonchev–Trinajstić information content (AvgIpc) is 2.73. The van der Waals surface area contributed by atoms with E-state index in [-0.39, 0.29) is 11.7 Å². The molecule has 0 fully saturated rings. The molecule has 3 aromatic carbocycles. The van der Waals surface area contributed by atoms with Crippen LogP contribution in [0.1, 0.15) is 24.5 Å². The highest BCUT2D eigenvalue weighted by Crippen LogP contribution is 2.32. The van der Waals surface area contributed by atoms with Crippen LogP contribution in [0.4, 0.5) is 13.2 Å². The topological polar surface area (TPSA) is 44.8 Å². The van der Waals surface area contributed by atoms with E-state index in [0.717, 1.165) is 17.7 Å². The summed E-state index contributed by atoms with van der Waals surface area (Å²) < 4.78 is 54.4. The van der Waals surface area contributed by atoms with Gasteiger partial charge in [0, 0.05) is 12.5 Å². The second-order valence-corrected chi connectivity index (χ2v) is 6.65. The van der Waals surface area contributed by atoms with Gasteiger partial charge in [-0.1, -0.05) is 18.2 Å². The molecule has 0 aliphatic rings. The molecule has 3 aromatic rings. The first kappa shape index (κ1) is 22.2. The lowest BCUT2D eigenvalue weighted by molar-refractivity contribution is -0.143. The molecule has 0 heterocycles. The van der Waals surface area contributed by atoms with Crippen molar-refractivity contribution in [1.82, 2.24) is 0 Å². The summed E-state index contributed by atoms with van der Waals surface area (Å²) in [5, 5.41) is 0. The monoisotopic (exact) mass is 430 g/mol. The predicted octanol–water partition coefficient (Wildman–Crippen LogP) is 6.79. The maximum absolute atomic E-state index is 12.7. The molecule has 0 saturated heterocycles. The quantitative estimate of drug-likeness (QED) is 0.369. The van der Waals surface area contributed by atoms with Crippen LogP contribution >= 0.6 is 0 Å². The highest BCUT2D eigenvalue weighted by Gasteiger charge is 2.30. The molecule has 0 unspecified atom stereocenters. The van der Waals surface area contributed by atoms with E-state index < -0.39 is 11.7 Å². The van der Waals surface area contributed by atoms with Crippen molar-refractivity contribution in [3.05, 3.63) is 83.9 Å². The Labute approximate surface area is 178 Å². The summed E-state index contributed by atoms with van der Waals surface area (Å²) in [5.41, 5.74) is 0.252. The summed E-state index contributed by atoms with van der Waals surface area (Å²) in [6.45, 7) is 2.14. The molecule has 0 N–H and O–H groups in total. The maximum atomic E-state index is 12.7. The van der Waals surface area contributed by atoms with Crippen molar-refractivity contribution in [3.63, 3.8) is 0 Å². The highest BCUT2D eigenvalue weighted by atomic mass is 19.4. The largest absolute Gasteiger partial charge is 0.466 e. The number of carbonyl (C=O) groups is 1. The summed E-state index contributed by atoms with van der Waals surface area (Å²) in [4.78, 5) is 11.4. The Morgan fingerprint density at radius 3 is 1.87 bits per heavy atom. The zero-order chi connectivity index (χ0) is 22.3. The van der Waals surface area contributed by atoms with Gasteiger partial charge in [0.15, 0.2) is 0 Å². The SMILES string of the molecule is CCOC(=O)CCc1ccc(Oc2cccc(Oc3ccc(C(F)(F)F)cc3)c2)cc1. The van der Waals surface area contributed by atoms with E-state index in [2.05, 4.69) is 0 Å². The lowest BCUT2D eigenvalue weighted by atomic mass is 10.1. The van der Waals surface area contributed by atoms with Crippen molar-refractivity contribution < 1.29 is 32.2 Å². The van der Waals surface area contributed by atoms with Crippen LogP contribution in [0.2, 0.25) is 0 Å². The van der Waals surface area contributed by atoms with Gasteiger partial charge >= 0.3 is 12.1 Å². The highest BCUT2D eigenvalue weighted by molar-refractivity contribution is 5.69. The van der Waals surface area contributed by atoms with Gasteiger partial charge in [0.2, 0.25) is 0 Å². The van der Waals surface area contributed by atoms with Crippen molar-refractivity contribution in [2.24, 2.45) is 0 Å². The molecule has 0 aliphatic carbocycles. The number of hydrogen-bond acceptors (Lipinski definition) is 4. The molecule has 0 aliphatic heterocycles. The third-order valence-electron chi connectivity index (χ3n) is 4.31. The number of alkyl halides is 3. The Balaban J connectivity index is 1.59. The lowest BCUT2D eigenvalue weighted by Crippen LogP contribution is -2.05. The van der Waals surface area contributed by atoms with Gasteiger partial charge in [-0.15, -0.1) is 0 Å². The van der Waals surface area contributed by atoms with Gasteiger partial charge in [-0.3, -0.25) is 4.79 Å². The fourth-order valence-electron chi connectivity index (χ4n) is 2.79. The molecule has 0 radical (unpaired) electrons. The first-order chi connectivity index (χ1) is 14.8. The number of esters is 1. The van der Waals surface area contributed by atoms with Crippen molar-refractivity contribution in [3.8, 4) is 23.0 Å². The van der Waals surface area contributed by atoms with Crippen molar-refractivity contribution >= 4 is 5.97 Å². The minimum absolute atomic E-state index is 0.229. The third-order valence-corrected chi connectivity index (χ3v) is 4.31. The van der Waals surface area contributed by atoms with E-state index in [9.17, 15) is 18.0 Å². The Morgan fingerprint density at radius 2 is 1.35 bits per heavy atom. The van der Waals surface area contributed by atoms with Gasteiger partial charge in [-0.25, -0.2) is 0 Å². The van der Waals surface area contributed by atoms with Crippen LogP contribution in [-0.2, 0) is 22.1 Å². The smallest absolute Gasteiger partial charge is 0.416 e. The summed E-state index contributed by atoms with van der Waals surface area (Å²) in [6.07, 6.45) is -3.49. The standard InChI is InChI=1S/C24H21F3O4/c1-2-29-23(28)15-8-17-6-11-19(12-7-17)30-21-4-3-5-22(16-21)31-20-13-9-18(10-14-20)24(25,26)27/h3-7,9-14,16H,2,8,15H2,1H3. The van der Waals surface area contributed by atoms with Crippen molar-refractivity contribution in [2.45, 2.75) is 25.9 Å². The average molecular weight is 430 g/mol. The Hall–Kier alpha value is -3.48. The van der Waals surface area contributed by atoms with Crippen molar-refractivity contribution in [2.75, 3.05) is 6.61 Å². The fourth-order valence-corrected chi connectivity index (χ4v) is 2.79. The summed E-state index contributed by atoms with van der Waals surface area (Å²) >= 11 is 0.